The summed E-state index contributed by atoms with van der Waals surface area (Å²) in [6, 6.07) is 1.55. The van der Waals surface area contributed by atoms with Crippen LogP contribution in [0.5, 0.6) is 0 Å². The Labute approximate surface area is 93.9 Å². The van der Waals surface area contributed by atoms with Crippen molar-refractivity contribution in [2.45, 2.75) is 20.3 Å². The van der Waals surface area contributed by atoms with Crippen LogP contribution in [0.1, 0.15) is 19.0 Å². The lowest BCUT2D eigenvalue weighted by Gasteiger charge is -2.05. The van der Waals surface area contributed by atoms with Crippen molar-refractivity contribution in [3.8, 4) is 0 Å². The van der Waals surface area contributed by atoms with Crippen LogP contribution in [0.25, 0.3) is 0 Å². The van der Waals surface area contributed by atoms with Crippen LogP contribution in [-0.2, 0) is 10.0 Å². The van der Waals surface area contributed by atoms with Gasteiger partial charge in [0.15, 0.2) is 0 Å². The first-order chi connectivity index (χ1) is 6.93. The van der Waals surface area contributed by atoms with Gasteiger partial charge in [-0.1, -0.05) is 18.5 Å². The molecule has 0 bridgehead atoms. The van der Waals surface area contributed by atoms with Crippen LogP contribution in [0.2, 0.25) is 5.15 Å². The highest BCUT2D eigenvalue weighted by Crippen LogP contribution is 2.10. The average Bonchev–Trinajstić information content (AvgIpc) is 1.99. The number of nitrogens with one attached hydrogen (secondary N) is 1. The summed E-state index contributed by atoms with van der Waals surface area (Å²) < 4.78 is 25.0. The zero-order valence-corrected chi connectivity index (χ0v) is 10.1. The molecular formula is C8H12ClN3O2S. The van der Waals surface area contributed by atoms with E-state index in [9.17, 15) is 8.42 Å². The van der Waals surface area contributed by atoms with Crippen molar-refractivity contribution in [1.29, 1.82) is 0 Å². The Balaban J connectivity index is 2.90. The minimum Gasteiger partial charge on any atom is -0.251 e. The topological polar surface area (TPSA) is 72.0 Å². The zero-order chi connectivity index (χ0) is 11.5. The van der Waals surface area contributed by atoms with Gasteiger partial charge in [-0.2, -0.15) is 0 Å². The number of anilines is 1. The predicted molar refractivity (Wildman–Crippen MR) is 59.5 cm³/mol. The second-order valence-electron chi connectivity index (χ2n) is 3.08. The lowest BCUT2D eigenvalue weighted by molar-refractivity contribution is 0.599. The van der Waals surface area contributed by atoms with Crippen LogP contribution >= 0.6 is 11.6 Å². The molecule has 1 aromatic rings. The van der Waals surface area contributed by atoms with Crippen molar-refractivity contribution in [1.82, 2.24) is 9.97 Å². The van der Waals surface area contributed by atoms with Gasteiger partial charge in [0.1, 0.15) is 5.15 Å². The maximum Gasteiger partial charge on any atom is 0.238 e. The number of nitrogens with zero attached hydrogens (tertiary/aromatic N) is 2. The van der Waals surface area contributed by atoms with Gasteiger partial charge in [0, 0.05) is 5.69 Å². The number of rotatable bonds is 4. The molecule has 0 spiro atoms. The summed E-state index contributed by atoms with van der Waals surface area (Å²) in [6.45, 7) is 3.49. The van der Waals surface area contributed by atoms with Gasteiger partial charge in [-0.3, -0.25) is 4.72 Å². The molecular weight excluding hydrogens is 238 g/mol. The Hall–Kier alpha value is -0.880. The summed E-state index contributed by atoms with van der Waals surface area (Å²) in [4.78, 5) is 7.68. The fourth-order valence-electron chi connectivity index (χ4n) is 1.03. The van der Waals surface area contributed by atoms with Gasteiger partial charge in [0.2, 0.25) is 16.0 Å². The van der Waals surface area contributed by atoms with Crippen LogP contribution < -0.4 is 4.72 Å². The Morgan fingerprint density at radius 3 is 2.67 bits per heavy atom. The molecule has 0 aromatic carbocycles. The number of halogens is 1. The Bertz CT molecular complexity index is 427. The molecule has 1 heterocycles. The van der Waals surface area contributed by atoms with Crippen molar-refractivity contribution >= 4 is 27.6 Å². The SMILES string of the molecule is CCCS(=O)(=O)Nc1nc(C)cc(Cl)n1. The van der Waals surface area contributed by atoms with Gasteiger partial charge in [-0.15, -0.1) is 0 Å². The molecule has 0 aliphatic heterocycles. The van der Waals surface area contributed by atoms with E-state index in [1.54, 1.807) is 19.9 Å². The molecule has 0 atom stereocenters. The summed E-state index contributed by atoms with van der Waals surface area (Å²) in [6.07, 6.45) is 0.537. The molecule has 84 valence electrons. The average molecular weight is 250 g/mol. The number of sulfonamides is 1. The van der Waals surface area contributed by atoms with E-state index in [1.165, 1.54) is 0 Å². The lowest BCUT2D eigenvalue weighted by atomic mass is 10.5. The standard InChI is InChI=1S/C8H12ClN3O2S/c1-3-4-15(13,14)12-8-10-6(2)5-7(9)11-8/h5H,3-4H2,1-2H3,(H,10,11,12). The molecule has 1 rings (SSSR count). The first-order valence-electron chi connectivity index (χ1n) is 4.44. The van der Waals surface area contributed by atoms with Gasteiger partial charge < -0.3 is 0 Å². The number of hydrogen-bond acceptors (Lipinski definition) is 4. The van der Waals surface area contributed by atoms with Crippen molar-refractivity contribution in [3.05, 3.63) is 16.9 Å². The first-order valence-corrected chi connectivity index (χ1v) is 6.47. The number of aryl methyl sites for hydroxylation is 1. The normalized spacial score (nSPS) is 11.4. The maximum absolute atomic E-state index is 11.4. The van der Waals surface area contributed by atoms with E-state index in [4.69, 9.17) is 11.6 Å². The summed E-state index contributed by atoms with van der Waals surface area (Å²) in [7, 11) is -3.35. The van der Waals surface area contributed by atoms with E-state index in [0.717, 1.165) is 0 Å². The third kappa shape index (κ3) is 4.01. The Morgan fingerprint density at radius 2 is 2.13 bits per heavy atom. The van der Waals surface area contributed by atoms with Crippen molar-refractivity contribution < 1.29 is 8.42 Å². The molecule has 0 aliphatic rings. The summed E-state index contributed by atoms with van der Waals surface area (Å²) in [5.41, 5.74) is 0.615. The molecule has 0 saturated carbocycles. The van der Waals surface area contributed by atoms with Gasteiger partial charge in [-0.05, 0) is 19.4 Å². The van der Waals surface area contributed by atoms with Gasteiger partial charge >= 0.3 is 0 Å². The molecule has 0 radical (unpaired) electrons. The second-order valence-corrected chi connectivity index (χ2v) is 5.31. The van der Waals surface area contributed by atoms with Gasteiger partial charge in [-0.25, -0.2) is 18.4 Å². The molecule has 0 unspecified atom stereocenters. The van der Waals surface area contributed by atoms with E-state index in [0.29, 0.717) is 12.1 Å². The molecule has 0 fully saturated rings. The molecule has 0 aliphatic carbocycles. The van der Waals surface area contributed by atoms with Crippen LogP contribution in [0.4, 0.5) is 5.95 Å². The van der Waals surface area contributed by atoms with E-state index in [1.807, 2.05) is 0 Å². The summed E-state index contributed by atoms with van der Waals surface area (Å²) >= 11 is 5.67. The van der Waals surface area contributed by atoms with E-state index in [-0.39, 0.29) is 16.9 Å². The van der Waals surface area contributed by atoms with Crippen LogP contribution in [-0.4, -0.2) is 24.1 Å². The number of aromatic nitrogens is 2. The van der Waals surface area contributed by atoms with Gasteiger partial charge in [0.05, 0.1) is 5.75 Å². The third-order valence-electron chi connectivity index (χ3n) is 1.54. The molecule has 1 aromatic heterocycles. The highest BCUT2D eigenvalue weighted by atomic mass is 35.5. The molecule has 0 saturated heterocycles. The van der Waals surface area contributed by atoms with E-state index in [2.05, 4.69) is 14.7 Å². The van der Waals surface area contributed by atoms with Crippen molar-refractivity contribution in [2.75, 3.05) is 10.5 Å². The largest absolute Gasteiger partial charge is 0.251 e. The third-order valence-corrected chi connectivity index (χ3v) is 3.18. The Morgan fingerprint density at radius 1 is 1.47 bits per heavy atom. The second kappa shape index (κ2) is 4.76. The van der Waals surface area contributed by atoms with Gasteiger partial charge in [0.25, 0.3) is 0 Å². The smallest absolute Gasteiger partial charge is 0.238 e. The van der Waals surface area contributed by atoms with Crippen molar-refractivity contribution in [3.63, 3.8) is 0 Å². The lowest BCUT2D eigenvalue weighted by Crippen LogP contribution is -2.18. The van der Waals surface area contributed by atoms with E-state index < -0.39 is 10.0 Å². The van der Waals surface area contributed by atoms with Crippen LogP contribution in [0.3, 0.4) is 0 Å². The maximum atomic E-state index is 11.4. The first kappa shape index (κ1) is 12.2. The minimum absolute atomic E-state index is 0.0217. The number of hydrogen-bond donors (Lipinski definition) is 1. The van der Waals surface area contributed by atoms with E-state index >= 15 is 0 Å². The summed E-state index contributed by atoms with van der Waals surface area (Å²) in [5, 5.41) is 0.219. The fraction of sp³-hybridized carbons (Fsp3) is 0.500. The van der Waals surface area contributed by atoms with Crippen molar-refractivity contribution in [2.24, 2.45) is 0 Å². The fourth-order valence-corrected chi connectivity index (χ4v) is 2.28. The highest BCUT2D eigenvalue weighted by Gasteiger charge is 2.11. The van der Waals surface area contributed by atoms with Crippen LogP contribution in [0.15, 0.2) is 6.07 Å². The van der Waals surface area contributed by atoms with Crippen LogP contribution in [0, 0.1) is 6.92 Å². The molecule has 1 N–H and O–H groups in total. The molecule has 15 heavy (non-hydrogen) atoms. The molecule has 5 nitrogen and oxygen atoms in total. The highest BCUT2D eigenvalue weighted by molar-refractivity contribution is 7.92. The molecule has 0 amide bonds. The predicted octanol–water partition coefficient (Wildman–Crippen LogP) is 1.59. The minimum atomic E-state index is -3.35. The zero-order valence-electron chi connectivity index (χ0n) is 8.49. The quantitative estimate of drug-likeness (QED) is 0.823. The Kier molecular flexibility index (Phi) is 3.87. The monoisotopic (exact) mass is 249 g/mol. The summed E-state index contributed by atoms with van der Waals surface area (Å²) in [5.74, 6) is 0.0653. The molecule has 7 heteroatoms.